The number of sulfonamides is 1. The summed E-state index contributed by atoms with van der Waals surface area (Å²) in [6.45, 7) is 5.49. The van der Waals surface area contributed by atoms with Crippen LogP contribution in [0.3, 0.4) is 0 Å². The molecule has 1 fully saturated rings. The number of likely N-dealkylation sites (tertiary alicyclic amines) is 1. The van der Waals surface area contributed by atoms with Crippen molar-refractivity contribution in [1.82, 2.24) is 15.5 Å². The van der Waals surface area contributed by atoms with Gasteiger partial charge < -0.3 is 15.1 Å². The van der Waals surface area contributed by atoms with Crippen LogP contribution in [0.25, 0.3) is 0 Å². The smallest absolute Gasteiger partial charge is 0.210 e. The first-order chi connectivity index (χ1) is 12.0. The number of halogens is 1. The highest BCUT2D eigenvalue weighted by Crippen LogP contribution is 2.25. The van der Waals surface area contributed by atoms with E-state index < -0.39 is 10.0 Å². The lowest BCUT2D eigenvalue weighted by Crippen LogP contribution is -2.41. The zero-order valence-corrected chi connectivity index (χ0v) is 18.3. The molecule has 2 heterocycles. The van der Waals surface area contributed by atoms with E-state index in [-0.39, 0.29) is 42.3 Å². The first-order valence-corrected chi connectivity index (χ1v) is 10.5. The van der Waals surface area contributed by atoms with Crippen molar-refractivity contribution in [3.63, 3.8) is 0 Å². The van der Waals surface area contributed by atoms with Gasteiger partial charge in [0.15, 0.2) is 5.96 Å². The van der Waals surface area contributed by atoms with Crippen LogP contribution in [-0.2, 0) is 10.0 Å². The molecule has 1 atom stereocenters. The molecule has 0 amide bonds. The van der Waals surface area contributed by atoms with Crippen LogP contribution >= 0.6 is 24.0 Å². The maximum absolute atomic E-state index is 11.1. The molecular formula is C16H30IN5O3S. The monoisotopic (exact) mass is 499 g/mol. The molecule has 2 rings (SSSR count). The molecule has 0 bridgehead atoms. The number of primary sulfonamides is 1. The SMILES string of the molecule is CCNC(=NCC(c1ccco1)N1CCCCC1)NCCS(N)(=O)=O.I. The minimum atomic E-state index is -3.49. The van der Waals surface area contributed by atoms with Crippen LogP contribution in [-0.4, -0.2) is 57.8 Å². The molecule has 1 aliphatic heterocycles. The number of hydrogen-bond acceptors (Lipinski definition) is 5. The molecule has 0 spiro atoms. The van der Waals surface area contributed by atoms with Crippen molar-refractivity contribution in [2.24, 2.45) is 10.1 Å². The van der Waals surface area contributed by atoms with E-state index in [1.807, 2.05) is 19.1 Å². The lowest BCUT2D eigenvalue weighted by atomic mass is 10.1. The van der Waals surface area contributed by atoms with Crippen LogP contribution < -0.4 is 15.8 Å². The number of aliphatic imine (C=N–C) groups is 1. The zero-order chi connectivity index (χ0) is 18.1. The number of guanidine groups is 1. The van der Waals surface area contributed by atoms with Gasteiger partial charge in [-0.1, -0.05) is 6.42 Å². The lowest BCUT2D eigenvalue weighted by molar-refractivity contribution is 0.150. The minimum Gasteiger partial charge on any atom is -0.468 e. The molecule has 8 nitrogen and oxygen atoms in total. The van der Waals surface area contributed by atoms with Crippen molar-refractivity contribution in [2.45, 2.75) is 32.2 Å². The Kier molecular flexibility index (Phi) is 10.5. The van der Waals surface area contributed by atoms with Crippen LogP contribution in [0.5, 0.6) is 0 Å². The summed E-state index contributed by atoms with van der Waals surface area (Å²) in [4.78, 5) is 7.02. The van der Waals surface area contributed by atoms with E-state index in [2.05, 4.69) is 20.5 Å². The lowest BCUT2D eigenvalue weighted by Gasteiger charge is -2.32. The Morgan fingerprint density at radius 3 is 2.65 bits per heavy atom. The Bertz CT molecular complexity index is 630. The Morgan fingerprint density at radius 1 is 1.35 bits per heavy atom. The summed E-state index contributed by atoms with van der Waals surface area (Å²) >= 11 is 0. The van der Waals surface area contributed by atoms with Gasteiger partial charge in [-0.05, 0) is 45.0 Å². The van der Waals surface area contributed by atoms with Crippen molar-refractivity contribution in [3.05, 3.63) is 24.2 Å². The number of hydrogen-bond donors (Lipinski definition) is 3. The Balaban J connectivity index is 0.00000338. The van der Waals surface area contributed by atoms with E-state index in [4.69, 9.17) is 9.56 Å². The maximum atomic E-state index is 11.1. The van der Waals surface area contributed by atoms with Crippen molar-refractivity contribution in [2.75, 3.05) is 38.5 Å². The van der Waals surface area contributed by atoms with Crippen LogP contribution in [0.4, 0.5) is 0 Å². The molecule has 1 saturated heterocycles. The van der Waals surface area contributed by atoms with E-state index in [0.717, 1.165) is 18.8 Å². The van der Waals surface area contributed by atoms with Gasteiger partial charge in [-0.15, -0.1) is 24.0 Å². The van der Waals surface area contributed by atoms with Gasteiger partial charge in [-0.2, -0.15) is 0 Å². The number of nitrogens with two attached hydrogens (primary N) is 1. The number of rotatable bonds is 8. The molecule has 0 aliphatic carbocycles. The molecule has 150 valence electrons. The summed E-state index contributed by atoms with van der Waals surface area (Å²) in [5.41, 5.74) is 0. The van der Waals surface area contributed by atoms with Crippen molar-refractivity contribution in [3.8, 4) is 0 Å². The standard InChI is InChI=1S/C16H29N5O3S.HI/c1-2-18-16(19-8-12-25(17,22)23)20-13-14(15-7-6-11-24-15)21-9-4-3-5-10-21;/h6-7,11,14H,2-5,8-10,12-13H2,1H3,(H2,17,22,23)(H2,18,19,20);1H. The average molecular weight is 499 g/mol. The third-order valence-corrected chi connectivity index (χ3v) is 4.92. The van der Waals surface area contributed by atoms with Gasteiger partial charge in [0.1, 0.15) is 5.76 Å². The fourth-order valence-corrected chi connectivity index (χ4v) is 3.31. The molecule has 1 aromatic rings. The van der Waals surface area contributed by atoms with Crippen molar-refractivity contribution >= 4 is 40.0 Å². The molecule has 1 unspecified atom stereocenters. The topological polar surface area (TPSA) is 113 Å². The summed E-state index contributed by atoms with van der Waals surface area (Å²) in [6.07, 6.45) is 5.33. The Hall–Kier alpha value is -0.850. The molecule has 26 heavy (non-hydrogen) atoms. The van der Waals surface area contributed by atoms with Crippen LogP contribution in [0.1, 0.15) is 38.0 Å². The number of nitrogens with zero attached hydrogens (tertiary/aromatic N) is 2. The van der Waals surface area contributed by atoms with Gasteiger partial charge in [-0.3, -0.25) is 9.89 Å². The molecule has 0 saturated carbocycles. The van der Waals surface area contributed by atoms with Gasteiger partial charge in [0, 0.05) is 13.1 Å². The molecule has 4 N–H and O–H groups in total. The molecule has 10 heteroatoms. The summed E-state index contributed by atoms with van der Waals surface area (Å²) in [5, 5.41) is 11.2. The Morgan fingerprint density at radius 2 is 2.08 bits per heavy atom. The first-order valence-electron chi connectivity index (χ1n) is 8.79. The second kappa shape index (κ2) is 11.8. The summed E-state index contributed by atoms with van der Waals surface area (Å²) in [6, 6.07) is 3.96. The van der Waals surface area contributed by atoms with Gasteiger partial charge in [0.05, 0.1) is 24.6 Å². The highest BCUT2D eigenvalue weighted by molar-refractivity contribution is 14.0. The zero-order valence-electron chi connectivity index (χ0n) is 15.2. The fraction of sp³-hybridized carbons (Fsp3) is 0.688. The normalized spacial score (nSPS) is 17.4. The van der Waals surface area contributed by atoms with Gasteiger partial charge in [0.25, 0.3) is 0 Å². The van der Waals surface area contributed by atoms with E-state index >= 15 is 0 Å². The van der Waals surface area contributed by atoms with Crippen molar-refractivity contribution < 1.29 is 12.8 Å². The molecular weight excluding hydrogens is 469 g/mol. The van der Waals surface area contributed by atoms with E-state index in [9.17, 15) is 8.42 Å². The predicted molar refractivity (Wildman–Crippen MR) is 114 cm³/mol. The van der Waals surface area contributed by atoms with Crippen LogP contribution in [0.15, 0.2) is 27.8 Å². The fourth-order valence-electron chi connectivity index (χ4n) is 2.93. The third kappa shape index (κ3) is 8.23. The highest BCUT2D eigenvalue weighted by Gasteiger charge is 2.24. The van der Waals surface area contributed by atoms with E-state index in [1.54, 1.807) is 6.26 Å². The van der Waals surface area contributed by atoms with E-state index in [0.29, 0.717) is 19.0 Å². The highest BCUT2D eigenvalue weighted by atomic mass is 127. The first kappa shape index (κ1) is 23.2. The van der Waals surface area contributed by atoms with Gasteiger partial charge >= 0.3 is 0 Å². The van der Waals surface area contributed by atoms with E-state index in [1.165, 1.54) is 19.3 Å². The average Bonchev–Trinajstić information content (AvgIpc) is 3.09. The van der Waals surface area contributed by atoms with Crippen LogP contribution in [0.2, 0.25) is 0 Å². The van der Waals surface area contributed by atoms with Gasteiger partial charge in [-0.25, -0.2) is 13.6 Å². The molecule has 1 aliphatic rings. The third-order valence-electron chi connectivity index (χ3n) is 4.15. The van der Waals surface area contributed by atoms with Crippen molar-refractivity contribution in [1.29, 1.82) is 0 Å². The summed E-state index contributed by atoms with van der Waals surface area (Å²) in [7, 11) is -3.49. The summed E-state index contributed by atoms with van der Waals surface area (Å²) in [5.74, 6) is 1.36. The number of piperidine rings is 1. The largest absolute Gasteiger partial charge is 0.468 e. The Labute approximate surface area is 173 Å². The second-order valence-electron chi connectivity index (χ2n) is 6.14. The van der Waals surface area contributed by atoms with Gasteiger partial charge in [0.2, 0.25) is 10.0 Å². The summed E-state index contributed by atoms with van der Waals surface area (Å²) < 4.78 is 27.7. The molecule has 1 aromatic heterocycles. The quantitative estimate of drug-likeness (QED) is 0.282. The number of furan rings is 1. The number of nitrogens with one attached hydrogen (secondary N) is 2. The molecule has 0 aromatic carbocycles. The predicted octanol–water partition coefficient (Wildman–Crippen LogP) is 1.27. The second-order valence-corrected chi connectivity index (χ2v) is 7.88. The van der Waals surface area contributed by atoms with Crippen LogP contribution in [0, 0.1) is 0 Å². The maximum Gasteiger partial charge on any atom is 0.210 e. The molecule has 0 radical (unpaired) electrons. The minimum absolute atomic E-state index is 0.